The van der Waals surface area contributed by atoms with Crippen molar-refractivity contribution in [2.75, 3.05) is 26.8 Å². The molecule has 8 nitrogen and oxygen atoms in total. The maximum atomic E-state index is 13.0. The molecule has 2 aliphatic heterocycles. The number of carbonyl (C=O) groups is 2. The first-order valence-electron chi connectivity index (χ1n) is 11.5. The summed E-state index contributed by atoms with van der Waals surface area (Å²) in [5.74, 6) is 0.850. The van der Waals surface area contributed by atoms with E-state index in [9.17, 15) is 9.59 Å². The highest BCUT2D eigenvalue weighted by molar-refractivity contribution is 5.95. The number of ether oxygens (including phenoxy) is 2. The number of nitrogens with one attached hydrogen (secondary N) is 2. The number of esters is 1. The van der Waals surface area contributed by atoms with Crippen LogP contribution in [0.3, 0.4) is 0 Å². The van der Waals surface area contributed by atoms with Gasteiger partial charge in [-0.05, 0) is 56.1 Å². The normalized spacial score (nSPS) is 21.7. The van der Waals surface area contributed by atoms with Crippen molar-refractivity contribution in [3.8, 4) is 5.75 Å². The molecule has 1 aromatic carbocycles. The lowest BCUT2D eigenvalue weighted by molar-refractivity contribution is -0.139. The number of hydrogen-bond acceptors (Lipinski definition) is 6. The fraction of sp³-hybridized carbons (Fsp3) is 0.440. The molecular formula is C25H31N3O5. The molecule has 2 N–H and O–H groups in total. The topological polar surface area (TPSA) is 93.0 Å². The standard InChI is InChI=1S/C25H31N3O5/c1-3-32-24(29)22-19(26-25(30)27-23(22)21-9-7-15-33-21)16-28-14-6-4-5-8-20(28)17-10-12-18(31-2)13-11-17/h7,9-13,15,20,23H,3-6,8,14,16H2,1-2H3,(H2,26,27,30)/t20-,23-/m1/s1. The Balaban J connectivity index is 1.69. The highest BCUT2D eigenvalue weighted by Crippen LogP contribution is 2.34. The van der Waals surface area contributed by atoms with Crippen LogP contribution in [0.2, 0.25) is 0 Å². The summed E-state index contributed by atoms with van der Waals surface area (Å²) >= 11 is 0. The number of urea groups is 1. The van der Waals surface area contributed by atoms with E-state index in [1.807, 2.05) is 12.1 Å². The van der Waals surface area contributed by atoms with Gasteiger partial charge in [0.25, 0.3) is 0 Å². The summed E-state index contributed by atoms with van der Waals surface area (Å²) in [6.07, 6.45) is 5.86. The number of furan rings is 1. The molecule has 0 spiro atoms. The van der Waals surface area contributed by atoms with Crippen LogP contribution in [0.25, 0.3) is 0 Å². The number of nitrogens with zero attached hydrogens (tertiary/aromatic N) is 1. The molecule has 2 atom stereocenters. The van der Waals surface area contributed by atoms with Crippen LogP contribution in [0.15, 0.2) is 58.3 Å². The molecule has 8 heteroatoms. The average molecular weight is 454 g/mol. The molecule has 4 rings (SSSR count). The quantitative estimate of drug-likeness (QED) is 0.614. The molecule has 2 aromatic rings. The van der Waals surface area contributed by atoms with Crippen LogP contribution >= 0.6 is 0 Å². The van der Waals surface area contributed by atoms with Gasteiger partial charge < -0.3 is 24.5 Å². The predicted molar refractivity (Wildman–Crippen MR) is 123 cm³/mol. The van der Waals surface area contributed by atoms with Gasteiger partial charge in [0.15, 0.2) is 0 Å². The van der Waals surface area contributed by atoms with E-state index in [0.29, 0.717) is 23.6 Å². The number of hydrogen-bond donors (Lipinski definition) is 2. The van der Waals surface area contributed by atoms with Gasteiger partial charge in [-0.1, -0.05) is 25.0 Å². The van der Waals surface area contributed by atoms with Crippen molar-refractivity contribution < 1.29 is 23.5 Å². The summed E-state index contributed by atoms with van der Waals surface area (Å²) in [6, 6.07) is 10.7. The number of benzene rings is 1. The second kappa shape index (κ2) is 10.6. The molecule has 0 radical (unpaired) electrons. The third-order valence-corrected chi connectivity index (χ3v) is 6.20. The van der Waals surface area contributed by atoms with Crippen LogP contribution < -0.4 is 15.4 Å². The highest BCUT2D eigenvalue weighted by Gasteiger charge is 2.36. The van der Waals surface area contributed by atoms with Crippen LogP contribution in [0.4, 0.5) is 4.79 Å². The molecule has 1 fully saturated rings. The van der Waals surface area contributed by atoms with E-state index in [0.717, 1.165) is 38.0 Å². The summed E-state index contributed by atoms with van der Waals surface area (Å²) in [5, 5.41) is 5.69. The van der Waals surface area contributed by atoms with Gasteiger partial charge in [0.2, 0.25) is 0 Å². The van der Waals surface area contributed by atoms with Crippen molar-refractivity contribution in [2.45, 2.75) is 44.7 Å². The molecule has 3 heterocycles. The molecule has 0 unspecified atom stereocenters. The fourth-order valence-electron chi connectivity index (χ4n) is 4.63. The van der Waals surface area contributed by atoms with Gasteiger partial charge in [-0.25, -0.2) is 9.59 Å². The largest absolute Gasteiger partial charge is 0.497 e. The van der Waals surface area contributed by atoms with Crippen LogP contribution in [0.5, 0.6) is 5.75 Å². The van der Waals surface area contributed by atoms with Gasteiger partial charge in [-0.2, -0.15) is 0 Å². The Bertz CT molecular complexity index is 984. The highest BCUT2D eigenvalue weighted by atomic mass is 16.5. The summed E-state index contributed by atoms with van der Waals surface area (Å²) in [6.45, 7) is 3.30. The van der Waals surface area contributed by atoms with Gasteiger partial charge in [0, 0.05) is 18.3 Å². The van der Waals surface area contributed by atoms with Crippen LogP contribution in [-0.2, 0) is 9.53 Å². The van der Waals surface area contributed by atoms with Crippen molar-refractivity contribution in [3.05, 3.63) is 65.3 Å². The number of likely N-dealkylation sites (tertiary alicyclic amines) is 1. The summed E-state index contributed by atoms with van der Waals surface area (Å²) in [7, 11) is 1.66. The van der Waals surface area contributed by atoms with E-state index in [2.05, 4.69) is 27.7 Å². The lowest BCUT2D eigenvalue weighted by Gasteiger charge is -2.34. The van der Waals surface area contributed by atoms with E-state index in [-0.39, 0.29) is 18.7 Å². The van der Waals surface area contributed by atoms with Crippen molar-refractivity contribution in [1.82, 2.24) is 15.5 Å². The first-order valence-corrected chi connectivity index (χ1v) is 11.5. The van der Waals surface area contributed by atoms with Crippen molar-refractivity contribution in [2.24, 2.45) is 0 Å². The minimum Gasteiger partial charge on any atom is -0.497 e. The van der Waals surface area contributed by atoms with E-state index in [1.165, 1.54) is 11.8 Å². The molecule has 0 bridgehead atoms. The minimum absolute atomic E-state index is 0.170. The maximum absolute atomic E-state index is 13.0. The Kier molecular flexibility index (Phi) is 7.34. The Morgan fingerprint density at radius 2 is 2.00 bits per heavy atom. The molecule has 176 valence electrons. The first kappa shape index (κ1) is 22.9. The molecule has 1 aromatic heterocycles. The third kappa shape index (κ3) is 5.22. The van der Waals surface area contributed by atoms with E-state index < -0.39 is 12.0 Å². The zero-order chi connectivity index (χ0) is 23.2. The number of carbonyl (C=O) groups excluding carboxylic acids is 2. The summed E-state index contributed by atoms with van der Waals surface area (Å²) < 4.78 is 16.2. The molecule has 1 saturated heterocycles. The van der Waals surface area contributed by atoms with Crippen molar-refractivity contribution >= 4 is 12.0 Å². The zero-order valence-corrected chi connectivity index (χ0v) is 19.1. The van der Waals surface area contributed by atoms with Crippen LogP contribution in [0.1, 0.15) is 56.0 Å². The zero-order valence-electron chi connectivity index (χ0n) is 19.1. The molecule has 0 saturated carbocycles. The lowest BCUT2D eigenvalue weighted by Crippen LogP contribution is -2.48. The van der Waals surface area contributed by atoms with Crippen LogP contribution in [0, 0.1) is 0 Å². The van der Waals surface area contributed by atoms with Crippen LogP contribution in [-0.4, -0.2) is 43.7 Å². The molecule has 0 aliphatic carbocycles. The Hall–Kier alpha value is -3.26. The predicted octanol–water partition coefficient (Wildman–Crippen LogP) is 4.08. The average Bonchev–Trinajstić information content (AvgIpc) is 3.26. The SMILES string of the molecule is CCOC(=O)C1=C(CN2CCCCC[C@@H]2c2ccc(OC)cc2)NC(=O)N[C@@H]1c1ccco1. The van der Waals surface area contributed by atoms with Gasteiger partial charge in [0.05, 0.1) is 25.6 Å². The third-order valence-electron chi connectivity index (χ3n) is 6.20. The van der Waals surface area contributed by atoms with Gasteiger partial charge in [0.1, 0.15) is 17.6 Å². The van der Waals surface area contributed by atoms with E-state index in [1.54, 1.807) is 26.2 Å². The first-order chi connectivity index (χ1) is 16.1. The summed E-state index contributed by atoms with van der Waals surface area (Å²) in [4.78, 5) is 27.9. The molecule has 33 heavy (non-hydrogen) atoms. The molecular weight excluding hydrogens is 422 g/mol. The Labute approximate surface area is 193 Å². The second-order valence-corrected chi connectivity index (χ2v) is 8.27. The Morgan fingerprint density at radius 1 is 1.18 bits per heavy atom. The number of methoxy groups -OCH3 is 1. The fourth-order valence-corrected chi connectivity index (χ4v) is 4.63. The molecule has 2 aliphatic rings. The lowest BCUT2D eigenvalue weighted by atomic mass is 9.97. The number of amides is 2. The maximum Gasteiger partial charge on any atom is 0.338 e. The minimum atomic E-state index is -0.700. The van der Waals surface area contributed by atoms with Gasteiger partial charge >= 0.3 is 12.0 Å². The van der Waals surface area contributed by atoms with Gasteiger partial charge in [-0.15, -0.1) is 0 Å². The van der Waals surface area contributed by atoms with E-state index in [4.69, 9.17) is 13.9 Å². The number of rotatable bonds is 7. The monoisotopic (exact) mass is 453 g/mol. The smallest absolute Gasteiger partial charge is 0.338 e. The second-order valence-electron chi connectivity index (χ2n) is 8.27. The van der Waals surface area contributed by atoms with Crippen molar-refractivity contribution in [1.29, 1.82) is 0 Å². The van der Waals surface area contributed by atoms with Gasteiger partial charge in [-0.3, -0.25) is 4.90 Å². The summed E-state index contributed by atoms with van der Waals surface area (Å²) in [5.41, 5.74) is 2.13. The Morgan fingerprint density at radius 3 is 2.70 bits per heavy atom. The van der Waals surface area contributed by atoms with Crippen molar-refractivity contribution in [3.63, 3.8) is 0 Å². The van der Waals surface area contributed by atoms with E-state index >= 15 is 0 Å². The molecule has 2 amide bonds.